The molecule has 0 fully saturated rings. The van der Waals surface area contributed by atoms with E-state index in [1.54, 1.807) is 0 Å². The molecule has 0 aliphatic heterocycles. The Morgan fingerprint density at radius 2 is 1.95 bits per heavy atom. The van der Waals surface area contributed by atoms with Crippen LogP contribution < -0.4 is 5.32 Å². The molecule has 1 aromatic rings. The molecule has 1 unspecified atom stereocenters. The van der Waals surface area contributed by atoms with Crippen LogP contribution in [-0.4, -0.2) is 30.7 Å². The molecule has 0 saturated carbocycles. The average Bonchev–Trinajstić information content (AvgIpc) is 2.50. The van der Waals surface area contributed by atoms with Gasteiger partial charge in [-0.2, -0.15) is 5.11 Å². The van der Waals surface area contributed by atoms with Gasteiger partial charge < -0.3 is 5.32 Å². The number of benzene rings is 1. The highest BCUT2D eigenvalue weighted by molar-refractivity contribution is 6.30. The standard InChI is InChI=1S/C17H27ClN4/c1-6-14(4)17(11-12-22(5)21-20-13(2)3)19-16-9-7-15(18)8-10-16/h6-10,13,17,19H,11-12H2,1-5H3/b14-6+,21-20-. The highest BCUT2D eigenvalue weighted by Crippen LogP contribution is 2.18. The second kappa shape index (κ2) is 9.46. The molecule has 0 aliphatic rings. The van der Waals surface area contributed by atoms with Crippen LogP contribution in [0.5, 0.6) is 0 Å². The van der Waals surface area contributed by atoms with Gasteiger partial charge in [0, 0.05) is 30.3 Å². The summed E-state index contributed by atoms with van der Waals surface area (Å²) in [6.45, 7) is 9.09. The number of anilines is 1. The predicted molar refractivity (Wildman–Crippen MR) is 95.5 cm³/mol. The molecule has 1 N–H and O–H groups in total. The summed E-state index contributed by atoms with van der Waals surface area (Å²) in [6, 6.07) is 8.29. The fourth-order valence-corrected chi connectivity index (χ4v) is 2.04. The van der Waals surface area contributed by atoms with Crippen molar-refractivity contribution in [3.05, 3.63) is 40.9 Å². The monoisotopic (exact) mass is 322 g/mol. The Morgan fingerprint density at radius 3 is 2.50 bits per heavy atom. The molecular formula is C17H27ClN4. The largest absolute Gasteiger partial charge is 0.379 e. The summed E-state index contributed by atoms with van der Waals surface area (Å²) in [5, 5.41) is 14.5. The Hall–Kier alpha value is -1.55. The summed E-state index contributed by atoms with van der Waals surface area (Å²) in [7, 11) is 1.95. The summed E-state index contributed by atoms with van der Waals surface area (Å²) in [5.74, 6) is 0. The third kappa shape index (κ3) is 6.94. The van der Waals surface area contributed by atoms with Gasteiger partial charge in [0.15, 0.2) is 0 Å². The fraction of sp³-hybridized carbons (Fsp3) is 0.529. The van der Waals surface area contributed by atoms with Crippen LogP contribution in [0, 0.1) is 0 Å². The van der Waals surface area contributed by atoms with Crippen molar-refractivity contribution < 1.29 is 0 Å². The molecule has 0 spiro atoms. The first-order valence-corrected chi connectivity index (χ1v) is 8.07. The summed E-state index contributed by atoms with van der Waals surface area (Å²) in [6.07, 6.45) is 3.09. The van der Waals surface area contributed by atoms with Crippen molar-refractivity contribution in [1.29, 1.82) is 0 Å². The maximum atomic E-state index is 5.93. The molecule has 1 aromatic carbocycles. The fourth-order valence-electron chi connectivity index (χ4n) is 1.91. The van der Waals surface area contributed by atoms with Gasteiger partial charge in [0.1, 0.15) is 0 Å². The van der Waals surface area contributed by atoms with E-state index in [4.69, 9.17) is 11.6 Å². The van der Waals surface area contributed by atoms with Crippen LogP contribution in [0.15, 0.2) is 46.3 Å². The van der Waals surface area contributed by atoms with Gasteiger partial charge in [-0.05, 0) is 58.4 Å². The molecule has 0 saturated heterocycles. The number of nitrogens with zero attached hydrogens (tertiary/aromatic N) is 3. The van der Waals surface area contributed by atoms with Crippen LogP contribution in [-0.2, 0) is 0 Å². The minimum Gasteiger partial charge on any atom is -0.379 e. The van der Waals surface area contributed by atoms with E-state index in [0.29, 0.717) is 0 Å². The summed E-state index contributed by atoms with van der Waals surface area (Å²) < 4.78 is 0. The van der Waals surface area contributed by atoms with Gasteiger partial charge in [0.2, 0.25) is 0 Å². The number of nitrogens with one attached hydrogen (secondary N) is 1. The van der Waals surface area contributed by atoms with E-state index in [0.717, 1.165) is 23.7 Å². The lowest BCUT2D eigenvalue weighted by Crippen LogP contribution is -2.26. The van der Waals surface area contributed by atoms with E-state index >= 15 is 0 Å². The second-order valence-corrected chi connectivity index (χ2v) is 6.14. The zero-order valence-electron chi connectivity index (χ0n) is 14.2. The maximum Gasteiger partial charge on any atom is 0.0673 e. The Morgan fingerprint density at radius 1 is 1.32 bits per heavy atom. The molecule has 1 rings (SSSR count). The quantitative estimate of drug-likeness (QED) is 0.407. The molecule has 22 heavy (non-hydrogen) atoms. The van der Waals surface area contributed by atoms with E-state index in [9.17, 15) is 0 Å². The number of rotatable bonds is 8. The van der Waals surface area contributed by atoms with Crippen LogP contribution >= 0.6 is 11.6 Å². The Labute approximate surface area is 139 Å². The molecule has 1 atom stereocenters. The molecule has 122 valence electrons. The second-order valence-electron chi connectivity index (χ2n) is 5.71. The van der Waals surface area contributed by atoms with Crippen LogP contribution in [0.1, 0.15) is 34.1 Å². The molecule has 0 aliphatic carbocycles. The topological polar surface area (TPSA) is 40.0 Å². The lowest BCUT2D eigenvalue weighted by molar-refractivity contribution is 0.312. The summed E-state index contributed by atoms with van der Waals surface area (Å²) in [5.41, 5.74) is 2.38. The molecule has 5 heteroatoms. The van der Waals surface area contributed by atoms with E-state index in [1.807, 2.05) is 50.2 Å². The first-order chi connectivity index (χ1) is 10.4. The molecular weight excluding hydrogens is 296 g/mol. The lowest BCUT2D eigenvalue weighted by atomic mass is 10.0. The normalized spacial score (nSPS) is 13.7. The third-order valence-electron chi connectivity index (χ3n) is 3.37. The van der Waals surface area contributed by atoms with Crippen LogP contribution in [0.2, 0.25) is 5.02 Å². The van der Waals surface area contributed by atoms with E-state index in [2.05, 4.69) is 35.6 Å². The minimum atomic E-state index is 0.225. The van der Waals surface area contributed by atoms with Gasteiger partial charge in [0.05, 0.1) is 6.04 Å². The molecule has 0 radical (unpaired) electrons. The first kappa shape index (κ1) is 18.5. The smallest absolute Gasteiger partial charge is 0.0673 e. The summed E-state index contributed by atoms with van der Waals surface area (Å²) in [4.78, 5) is 0. The highest BCUT2D eigenvalue weighted by Gasteiger charge is 2.11. The van der Waals surface area contributed by atoms with E-state index in [1.165, 1.54) is 5.57 Å². The van der Waals surface area contributed by atoms with E-state index < -0.39 is 0 Å². The van der Waals surface area contributed by atoms with Crippen molar-refractivity contribution in [1.82, 2.24) is 5.01 Å². The van der Waals surface area contributed by atoms with Gasteiger partial charge in [-0.15, -0.1) is 0 Å². The molecule has 0 amide bonds. The Balaban J connectivity index is 2.63. The predicted octanol–water partition coefficient (Wildman–Crippen LogP) is 5.18. The van der Waals surface area contributed by atoms with Gasteiger partial charge >= 0.3 is 0 Å². The van der Waals surface area contributed by atoms with Crippen molar-refractivity contribution >= 4 is 17.3 Å². The van der Waals surface area contributed by atoms with Crippen LogP contribution in [0.25, 0.3) is 0 Å². The zero-order chi connectivity index (χ0) is 16.5. The summed E-state index contributed by atoms with van der Waals surface area (Å²) >= 11 is 5.93. The van der Waals surface area contributed by atoms with Gasteiger partial charge in [-0.25, -0.2) is 0 Å². The van der Waals surface area contributed by atoms with Crippen LogP contribution in [0.3, 0.4) is 0 Å². The third-order valence-corrected chi connectivity index (χ3v) is 3.62. The van der Waals surface area contributed by atoms with Gasteiger partial charge in [-0.3, -0.25) is 5.01 Å². The first-order valence-electron chi connectivity index (χ1n) is 7.69. The number of hydrogen-bond donors (Lipinski definition) is 1. The van der Waals surface area contributed by atoms with Crippen molar-refractivity contribution in [2.24, 2.45) is 10.3 Å². The van der Waals surface area contributed by atoms with Crippen molar-refractivity contribution in [3.8, 4) is 0 Å². The zero-order valence-corrected chi connectivity index (χ0v) is 14.9. The lowest BCUT2D eigenvalue weighted by Gasteiger charge is -2.23. The highest BCUT2D eigenvalue weighted by atomic mass is 35.5. The average molecular weight is 323 g/mol. The number of allylic oxidation sites excluding steroid dienone is 1. The molecule has 4 nitrogen and oxygen atoms in total. The van der Waals surface area contributed by atoms with E-state index in [-0.39, 0.29) is 12.1 Å². The van der Waals surface area contributed by atoms with Gasteiger partial charge in [0.25, 0.3) is 0 Å². The molecule has 0 heterocycles. The van der Waals surface area contributed by atoms with Crippen LogP contribution in [0.4, 0.5) is 5.69 Å². The molecule has 0 bridgehead atoms. The molecule has 0 aromatic heterocycles. The number of hydrogen-bond acceptors (Lipinski definition) is 3. The maximum absolute atomic E-state index is 5.93. The number of halogens is 1. The van der Waals surface area contributed by atoms with Gasteiger partial charge in [-0.1, -0.05) is 28.5 Å². The minimum absolute atomic E-state index is 0.225. The van der Waals surface area contributed by atoms with Crippen molar-refractivity contribution in [3.63, 3.8) is 0 Å². The Kier molecular flexibility index (Phi) is 7.96. The van der Waals surface area contributed by atoms with Crippen molar-refractivity contribution in [2.45, 2.75) is 46.2 Å². The van der Waals surface area contributed by atoms with Crippen molar-refractivity contribution in [2.75, 3.05) is 18.9 Å². The Bertz CT molecular complexity index is 494. The SMILES string of the molecule is C/C=C(\C)C(CCN(C)/N=N\C(C)C)Nc1ccc(Cl)cc1.